The minimum atomic E-state index is -3.60. The van der Waals surface area contributed by atoms with Gasteiger partial charge in [0.25, 0.3) is 5.91 Å². The standard InChI is InChI=1S/C32H29N3O7S/c33-21-27-30(24-7-3-1-4-8-24)31(25-9-5-2-6-10-25)42-32(27)34-28(36)22-41-29(37)16-13-23-11-14-26(15-12-23)43(38,39)35-17-19-40-20-18-35/h1-12,14-15H,13,16-20,22H2,(H,34,36). The molecule has 0 unspecified atom stereocenters. The third-order valence-electron chi connectivity index (χ3n) is 6.88. The number of anilines is 1. The summed E-state index contributed by atoms with van der Waals surface area (Å²) in [5.41, 5.74) is 2.93. The van der Waals surface area contributed by atoms with Gasteiger partial charge in [-0.2, -0.15) is 9.57 Å². The van der Waals surface area contributed by atoms with E-state index in [9.17, 15) is 23.3 Å². The highest BCUT2D eigenvalue weighted by atomic mass is 32.2. The fourth-order valence-corrected chi connectivity index (χ4v) is 6.10. The number of furan rings is 1. The van der Waals surface area contributed by atoms with Crippen molar-refractivity contribution in [3.05, 3.63) is 96.1 Å². The van der Waals surface area contributed by atoms with Crippen LogP contribution in [-0.2, 0) is 35.5 Å². The average Bonchev–Trinajstić information content (AvgIpc) is 3.42. The second-order valence-corrected chi connectivity index (χ2v) is 11.7. The predicted molar refractivity (Wildman–Crippen MR) is 158 cm³/mol. The molecule has 1 saturated heterocycles. The zero-order valence-electron chi connectivity index (χ0n) is 23.2. The molecule has 0 bridgehead atoms. The summed E-state index contributed by atoms with van der Waals surface area (Å²) in [5, 5.41) is 12.5. The van der Waals surface area contributed by atoms with Crippen molar-refractivity contribution in [2.45, 2.75) is 17.7 Å². The van der Waals surface area contributed by atoms with Crippen molar-refractivity contribution in [1.29, 1.82) is 5.26 Å². The third kappa shape index (κ3) is 7.01. The van der Waals surface area contributed by atoms with Gasteiger partial charge in [-0.3, -0.25) is 14.9 Å². The van der Waals surface area contributed by atoms with Crippen LogP contribution in [0.1, 0.15) is 17.5 Å². The summed E-state index contributed by atoms with van der Waals surface area (Å²) in [7, 11) is -3.60. The summed E-state index contributed by atoms with van der Waals surface area (Å²) in [6.07, 6.45) is 0.291. The zero-order valence-corrected chi connectivity index (χ0v) is 24.0. The van der Waals surface area contributed by atoms with Gasteiger partial charge in [-0.25, -0.2) is 8.42 Å². The lowest BCUT2D eigenvalue weighted by Crippen LogP contribution is -2.40. The Morgan fingerprint density at radius 2 is 1.53 bits per heavy atom. The number of carbonyl (C=O) groups is 2. The van der Waals surface area contributed by atoms with Crippen LogP contribution in [0.15, 0.2) is 94.2 Å². The number of rotatable bonds is 10. The quantitative estimate of drug-likeness (QED) is 0.261. The number of hydrogen-bond acceptors (Lipinski definition) is 8. The topological polar surface area (TPSA) is 139 Å². The molecule has 0 spiro atoms. The smallest absolute Gasteiger partial charge is 0.306 e. The first-order chi connectivity index (χ1) is 20.9. The zero-order chi connectivity index (χ0) is 30.2. The maximum absolute atomic E-state index is 12.8. The largest absolute Gasteiger partial charge is 0.456 e. The lowest BCUT2D eigenvalue weighted by molar-refractivity contribution is -0.147. The van der Waals surface area contributed by atoms with E-state index >= 15 is 0 Å². The Balaban J connectivity index is 1.19. The van der Waals surface area contributed by atoms with Crippen LogP contribution >= 0.6 is 0 Å². The molecular weight excluding hydrogens is 570 g/mol. The Kier molecular flexibility index (Phi) is 9.32. The van der Waals surface area contributed by atoms with Gasteiger partial charge < -0.3 is 13.9 Å². The molecule has 1 N–H and O–H groups in total. The van der Waals surface area contributed by atoms with Crippen LogP contribution in [0.3, 0.4) is 0 Å². The molecule has 3 aromatic carbocycles. The molecule has 10 nitrogen and oxygen atoms in total. The maximum atomic E-state index is 12.8. The summed E-state index contributed by atoms with van der Waals surface area (Å²) < 4.78 is 43.3. The van der Waals surface area contributed by atoms with Crippen molar-refractivity contribution in [1.82, 2.24) is 4.31 Å². The molecule has 1 aliphatic heterocycles. The highest BCUT2D eigenvalue weighted by molar-refractivity contribution is 7.89. The maximum Gasteiger partial charge on any atom is 0.306 e. The van der Waals surface area contributed by atoms with Gasteiger partial charge in [0.05, 0.1) is 18.1 Å². The van der Waals surface area contributed by atoms with E-state index in [0.29, 0.717) is 44.0 Å². The molecule has 0 atom stereocenters. The minimum absolute atomic E-state index is 0.0106. The molecule has 0 aliphatic carbocycles. The van der Waals surface area contributed by atoms with Crippen LogP contribution in [0.5, 0.6) is 0 Å². The van der Waals surface area contributed by atoms with Crippen molar-refractivity contribution in [3.63, 3.8) is 0 Å². The normalized spacial score (nSPS) is 13.7. The van der Waals surface area contributed by atoms with Crippen molar-refractivity contribution in [3.8, 4) is 28.5 Å². The van der Waals surface area contributed by atoms with E-state index in [2.05, 4.69) is 11.4 Å². The highest BCUT2D eigenvalue weighted by Gasteiger charge is 2.27. The molecule has 220 valence electrons. The first kappa shape index (κ1) is 29.7. The first-order valence-electron chi connectivity index (χ1n) is 13.7. The molecule has 1 amide bonds. The number of morpholine rings is 1. The predicted octanol–water partition coefficient (Wildman–Crippen LogP) is 4.62. The van der Waals surface area contributed by atoms with Gasteiger partial charge in [0.15, 0.2) is 6.61 Å². The van der Waals surface area contributed by atoms with Gasteiger partial charge in [-0.15, -0.1) is 0 Å². The second kappa shape index (κ2) is 13.5. The summed E-state index contributed by atoms with van der Waals surface area (Å²) in [6.45, 7) is 0.777. The Bertz CT molecular complexity index is 1720. The number of hydrogen-bond donors (Lipinski definition) is 1. The number of nitrogens with zero attached hydrogens (tertiary/aromatic N) is 2. The monoisotopic (exact) mass is 599 g/mol. The van der Waals surface area contributed by atoms with Gasteiger partial charge in [0, 0.05) is 30.6 Å². The number of aryl methyl sites for hydroxylation is 1. The minimum Gasteiger partial charge on any atom is -0.456 e. The summed E-state index contributed by atoms with van der Waals surface area (Å²) in [4.78, 5) is 25.2. The van der Waals surface area contributed by atoms with Crippen molar-refractivity contribution in [2.75, 3.05) is 38.2 Å². The Morgan fingerprint density at radius 3 is 2.16 bits per heavy atom. The number of nitriles is 1. The van der Waals surface area contributed by atoms with Gasteiger partial charge in [0.1, 0.15) is 17.4 Å². The van der Waals surface area contributed by atoms with E-state index in [0.717, 1.165) is 16.7 Å². The van der Waals surface area contributed by atoms with Crippen LogP contribution in [-0.4, -0.2) is 57.5 Å². The first-order valence-corrected chi connectivity index (χ1v) is 15.1. The molecule has 1 aromatic heterocycles. The molecule has 11 heteroatoms. The van der Waals surface area contributed by atoms with Crippen LogP contribution in [0.4, 0.5) is 5.88 Å². The lowest BCUT2D eigenvalue weighted by atomic mass is 9.98. The summed E-state index contributed by atoms with van der Waals surface area (Å²) >= 11 is 0. The number of ether oxygens (including phenoxy) is 2. The number of carbonyl (C=O) groups excluding carboxylic acids is 2. The van der Waals surface area contributed by atoms with E-state index in [1.807, 2.05) is 60.7 Å². The van der Waals surface area contributed by atoms with E-state index in [-0.39, 0.29) is 22.8 Å². The summed E-state index contributed by atoms with van der Waals surface area (Å²) in [6, 6.07) is 27.0. The molecule has 2 heterocycles. The number of esters is 1. The second-order valence-electron chi connectivity index (χ2n) is 9.72. The number of amides is 1. The molecule has 5 rings (SSSR count). The van der Waals surface area contributed by atoms with Crippen molar-refractivity contribution < 1.29 is 31.9 Å². The molecule has 1 fully saturated rings. The third-order valence-corrected chi connectivity index (χ3v) is 8.80. The lowest BCUT2D eigenvalue weighted by Gasteiger charge is -2.26. The number of benzene rings is 3. The van der Waals surface area contributed by atoms with Gasteiger partial charge >= 0.3 is 5.97 Å². The molecule has 4 aromatic rings. The molecule has 0 radical (unpaired) electrons. The molecule has 1 aliphatic rings. The van der Waals surface area contributed by atoms with E-state index < -0.39 is 28.5 Å². The van der Waals surface area contributed by atoms with Crippen LogP contribution in [0, 0.1) is 11.3 Å². The van der Waals surface area contributed by atoms with E-state index in [4.69, 9.17) is 13.9 Å². The molecule has 43 heavy (non-hydrogen) atoms. The van der Waals surface area contributed by atoms with E-state index in [1.54, 1.807) is 12.1 Å². The van der Waals surface area contributed by atoms with Gasteiger partial charge in [0.2, 0.25) is 15.9 Å². The van der Waals surface area contributed by atoms with Gasteiger partial charge in [-0.1, -0.05) is 72.8 Å². The Labute approximate surface area is 249 Å². The fraction of sp³-hybridized carbons (Fsp3) is 0.219. The SMILES string of the molecule is N#Cc1c(NC(=O)COC(=O)CCc2ccc(S(=O)(=O)N3CCOCC3)cc2)oc(-c2ccccc2)c1-c1ccccc1. The molecular formula is C32H29N3O7S. The summed E-state index contributed by atoms with van der Waals surface area (Å²) in [5.74, 6) is -0.863. The van der Waals surface area contributed by atoms with Crippen molar-refractivity contribution >= 4 is 27.8 Å². The highest BCUT2D eigenvalue weighted by Crippen LogP contribution is 2.41. The molecule has 0 saturated carbocycles. The van der Waals surface area contributed by atoms with Crippen molar-refractivity contribution in [2.24, 2.45) is 0 Å². The number of sulfonamides is 1. The van der Waals surface area contributed by atoms with Crippen LogP contribution in [0.25, 0.3) is 22.5 Å². The fourth-order valence-electron chi connectivity index (χ4n) is 4.69. The Hall–Kier alpha value is -4.76. The van der Waals surface area contributed by atoms with Gasteiger partial charge in [-0.05, 0) is 29.7 Å². The number of nitrogens with one attached hydrogen (secondary N) is 1. The van der Waals surface area contributed by atoms with E-state index in [1.165, 1.54) is 16.4 Å². The average molecular weight is 600 g/mol. The van der Waals surface area contributed by atoms with Crippen LogP contribution < -0.4 is 5.32 Å². The van der Waals surface area contributed by atoms with Crippen LogP contribution in [0.2, 0.25) is 0 Å². The Morgan fingerprint density at radius 1 is 0.907 bits per heavy atom.